The van der Waals surface area contributed by atoms with E-state index in [2.05, 4.69) is 0 Å². The lowest BCUT2D eigenvalue weighted by atomic mass is 10.3. The van der Waals surface area contributed by atoms with Gasteiger partial charge in [0.2, 0.25) is 0 Å². The highest BCUT2D eigenvalue weighted by Crippen LogP contribution is 2.23. The molecule has 0 aliphatic carbocycles. The molecule has 16 heavy (non-hydrogen) atoms. The van der Waals surface area contributed by atoms with Crippen molar-refractivity contribution in [2.75, 3.05) is 5.12 Å². The number of carbonyl (C=O) groups is 1. The predicted molar refractivity (Wildman–Crippen MR) is 46.9 cm³/mol. The fourth-order valence-electron chi connectivity index (χ4n) is 0.844. The van der Waals surface area contributed by atoms with Crippen LogP contribution in [0.4, 0.5) is 23.7 Å². The number of anilines is 1. The molecule has 0 aliphatic rings. The van der Waals surface area contributed by atoms with Crippen molar-refractivity contribution in [2.45, 2.75) is 0 Å². The average Bonchev–Trinajstić information content (AvgIpc) is 2.18. The first-order valence-electron chi connectivity index (χ1n) is 3.66. The van der Waals surface area contributed by atoms with E-state index in [9.17, 15) is 26.5 Å². The summed E-state index contributed by atoms with van der Waals surface area (Å²) in [5, 5.41) is -3.61. The maximum atomic E-state index is 13.0. The van der Waals surface area contributed by atoms with E-state index in [-0.39, 0.29) is 0 Å². The lowest BCUT2D eigenvalue weighted by Crippen LogP contribution is -2.28. The molecule has 1 rings (SSSR count). The van der Waals surface area contributed by atoms with Gasteiger partial charge < -0.3 is 0 Å². The molecule has 0 spiro atoms. The molecule has 0 aromatic heterocycles. The van der Waals surface area contributed by atoms with E-state index in [1.165, 1.54) is 0 Å². The molecular weight excluding hydrogens is 251 g/mol. The molecule has 0 aliphatic heterocycles. The summed E-state index contributed by atoms with van der Waals surface area (Å²) in [6, 6.07) is 2.13. The van der Waals surface area contributed by atoms with E-state index in [1.54, 1.807) is 0 Å². The number of hydrogen-bond acceptors (Lipinski definition) is 3. The van der Waals surface area contributed by atoms with Crippen molar-refractivity contribution in [2.24, 2.45) is 0 Å². The van der Waals surface area contributed by atoms with E-state index in [1.807, 2.05) is 0 Å². The fourth-order valence-corrected chi connectivity index (χ4v) is 1.14. The zero-order chi connectivity index (χ0) is 12.5. The third-order valence-electron chi connectivity index (χ3n) is 1.52. The molecule has 0 atom stereocenters. The number of rotatable bonds is 1. The Morgan fingerprint density at radius 2 is 1.88 bits per heavy atom. The molecule has 0 bridgehead atoms. The normalized spacial score (nSPS) is 11.2. The Labute approximate surface area is 87.8 Å². The van der Waals surface area contributed by atoms with Crippen molar-refractivity contribution >= 4 is 21.0 Å². The monoisotopic (exact) mass is 255 g/mol. The number of nitrogens with zero attached hydrogens (tertiary/aromatic N) is 1. The van der Waals surface area contributed by atoms with E-state index in [0.29, 0.717) is 12.1 Å². The van der Waals surface area contributed by atoms with Gasteiger partial charge in [0.05, 0.1) is 0 Å². The molecule has 1 aromatic carbocycles. The van der Waals surface area contributed by atoms with Gasteiger partial charge in [0, 0.05) is 0 Å². The summed E-state index contributed by atoms with van der Waals surface area (Å²) in [4.78, 5) is 10.7. The molecule has 0 radical (unpaired) electrons. The maximum Gasteiger partial charge on any atom is 0.398 e. The standard InChI is InChI=1S/C7H4F3NO4S/c8-4-2-1-3-5(6(4)9)11(10)7(12)16(13,14)15/h1-3H,(H,13,14,15). The van der Waals surface area contributed by atoms with Crippen LogP contribution in [0.5, 0.6) is 0 Å². The quantitative estimate of drug-likeness (QED) is 0.611. The van der Waals surface area contributed by atoms with Crippen LogP contribution in [0, 0.1) is 11.6 Å². The third kappa shape index (κ3) is 2.31. The Bertz CT molecular complexity index is 530. The number of amides is 1. The second kappa shape index (κ2) is 4.10. The summed E-state index contributed by atoms with van der Waals surface area (Å²) >= 11 is 0. The molecule has 9 heteroatoms. The summed E-state index contributed by atoms with van der Waals surface area (Å²) in [5.74, 6) is -3.22. The molecule has 0 unspecified atom stereocenters. The van der Waals surface area contributed by atoms with Crippen molar-refractivity contribution in [1.82, 2.24) is 0 Å². The van der Waals surface area contributed by atoms with Gasteiger partial charge in [0.1, 0.15) is 5.69 Å². The van der Waals surface area contributed by atoms with E-state index in [0.717, 1.165) is 6.07 Å². The van der Waals surface area contributed by atoms with Crippen LogP contribution in [0.1, 0.15) is 0 Å². The van der Waals surface area contributed by atoms with Crippen molar-refractivity contribution in [3.05, 3.63) is 29.8 Å². The highest BCUT2D eigenvalue weighted by molar-refractivity contribution is 8.01. The molecule has 0 heterocycles. The van der Waals surface area contributed by atoms with Crippen LogP contribution in [0.25, 0.3) is 0 Å². The molecule has 0 saturated carbocycles. The van der Waals surface area contributed by atoms with Gasteiger partial charge in [0.15, 0.2) is 11.6 Å². The van der Waals surface area contributed by atoms with Crippen LogP contribution >= 0.6 is 0 Å². The van der Waals surface area contributed by atoms with Crippen LogP contribution in [0.2, 0.25) is 0 Å². The Balaban J connectivity index is 3.21. The number of benzene rings is 1. The lowest BCUT2D eigenvalue weighted by molar-refractivity contribution is 0.248. The van der Waals surface area contributed by atoms with Gasteiger partial charge in [-0.3, -0.25) is 9.35 Å². The van der Waals surface area contributed by atoms with Gasteiger partial charge in [0.25, 0.3) is 0 Å². The second-order valence-electron chi connectivity index (χ2n) is 2.59. The lowest BCUT2D eigenvalue weighted by Gasteiger charge is -2.10. The summed E-state index contributed by atoms with van der Waals surface area (Å²) in [6.45, 7) is 0. The zero-order valence-electron chi connectivity index (χ0n) is 7.39. The zero-order valence-corrected chi connectivity index (χ0v) is 8.21. The van der Waals surface area contributed by atoms with Crippen molar-refractivity contribution in [3.8, 4) is 0 Å². The summed E-state index contributed by atoms with van der Waals surface area (Å²) in [6.07, 6.45) is 0. The first-order chi connectivity index (χ1) is 7.25. The highest BCUT2D eigenvalue weighted by atomic mass is 32.2. The largest absolute Gasteiger partial charge is 0.398 e. The molecule has 0 saturated heterocycles. The van der Waals surface area contributed by atoms with Gasteiger partial charge in [-0.05, 0) is 12.1 Å². The molecule has 0 fully saturated rings. The van der Waals surface area contributed by atoms with Crippen LogP contribution in [-0.2, 0) is 10.1 Å². The Morgan fingerprint density at radius 3 is 2.38 bits per heavy atom. The molecule has 1 aromatic rings. The van der Waals surface area contributed by atoms with Gasteiger partial charge >= 0.3 is 15.4 Å². The Kier molecular flexibility index (Phi) is 3.19. The SMILES string of the molecule is O=C(N(F)c1cccc(F)c1F)S(=O)(=O)O. The van der Waals surface area contributed by atoms with E-state index < -0.39 is 37.8 Å². The van der Waals surface area contributed by atoms with Gasteiger partial charge in [-0.1, -0.05) is 10.5 Å². The first-order valence-corrected chi connectivity index (χ1v) is 5.10. The first kappa shape index (κ1) is 12.5. The smallest absolute Gasteiger partial charge is 0.278 e. The topological polar surface area (TPSA) is 74.7 Å². The molecule has 5 nitrogen and oxygen atoms in total. The second-order valence-corrected chi connectivity index (χ2v) is 3.89. The molecule has 1 N–H and O–H groups in total. The Hall–Kier alpha value is -1.61. The summed E-state index contributed by atoms with van der Waals surface area (Å²) in [5.41, 5.74) is -1.25. The van der Waals surface area contributed by atoms with Gasteiger partial charge in [-0.15, -0.1) is 5.12 Å². The minimum absolute atomic E-state index is 0.626. The number of halogens is 3. The molecule has 1 amide bonds. The van der Waals surface area contributed by atoms with Crippen LogP contribution < -0.4 is 5.12 Å². The van der Waals surface area contributed by atoms with Crippen LogP contribution in [-0.4, -0.2) is 18.2 Å². The minimum Gasteiger partial charge on any atom is -0.278 e. The number of hydrogen-bond donors (Lipinski definition) is 1. The maximum absolute atomic E-state index is 13.0. The third-order valence-corrected chi connectivity index (χ3v) is 2.13. The summed E-state index contributed by atoms with van der Waals surface area (Å²) < 4.78 is 67.2. The van der Waals surface area contributed by atoms with Gasteiger partial charge in [-0.25, -0.2) is 8.78 Å². The average molecular weight is 255 g/mol. The van der Waals surface area contributed by atoms with Crippen LogP contribution in [0.15, 0.2) is 18.2 Å². The fraction of sp³-hybridized carbons (Fsp3) is 0. The van der Waals surface area contributed by atoms with Gasteiger partial charge in [-0.2, -0.15) is 8.42 Å². The number of carbonyl (C=O) groups excluding carboxylic acids is 1. The minimum atomic E-state index is -5.36. The van der Waals surface area contributed by atoms with Crippen molar-refractivity contribution in [3.63, 3.8) is 0 Å². The van der Waals surface area contributed by atoms with Crippen LogP contribution in [0.3, 0.4) is 0 Å². The van der Waals surface area contributed by atoms with E-state index >= 15 is 0 Å². The summed E-state index contributed by atoms with van der Waals surface area (Å²) in [7, 11) is -5.36. The predicted octanol–water partition coefficient (Wildman–Crippen LogP) is 1.66. The van der Waals surface area contributed by atoms with Crippen molar-refractivity contribution in [1.29, 1.82) is 0 Å². The molecule has 88 valence electrons. The van der Waals surface area contributed by atoms with Crippen molar-refractivity contribution < 1.29 is 31.0 Å². The van der Waals surface area contributed by atoms with E-state index in [4.69, 9.17) is 4.55 Å². The highest BCUT2D eigenvalue weighted by Gasteiger charge is 2.30. The molecular formula is C7H4F3NO4S. The Morgan fingerprint density at radius 1 is 1.31 bits per heavy atom.